The fourth-order valence-corrected chi connectivity index (χ4v) is 3.91. The van der Waals surface area contributed by atoms with Crippen LogP contribution >= 0.6 is 0 Å². The van der Waals surface area contributed by atoms with Crippen LogP contribution in [0.4, 0.5) is 11.5 Å². The average Bonchev–Trinajstić information content (AvgIpc) is 3.37. The molecule has 2 aromatic rings. The van der Waals surface area contributed by atoms with Crippen molar-refractivity contribution in [2.75, 3.05) is 10.3 Å². The van der Waals surface area contributed by atoms with E-state index in [1.807, 2.05) is 35.0 Å². The van der Waals surface area contributed by atoms with Crippen molar-refractivity contribution in [3.63, 3.8) is 0 Å². The minimum atomic E-state index is -0.675. The van der Waals surface area contributed by atoms with E-state index in [0.29, 0.717) is 11.9 Å². The second-order valence-corrected chi connectivity index (χ2v) is 7.26. The molecule has 1 fully saturated rings. The minimum Gasteiger partial charge on any atom is -0.368 e. The molecule has 1 unspecified atom stereocenters. The van der Waals surface area contributed by atoms with E-state index in [-0.39, 0.29) is 18.0 Å². The van der Waals surface area contributed by atoms with E-state index in [2.05, 4.69) is 15.5 Å². The summed E-state index contributed by atoms with van der Waals surface area (Å²) in [6, 6.07) is 10.7. The second kappa shape index (κ2) is 7.84. The summed E-state index contributed by atoms with van der Waals surface area (Å²) in [7, 11) is 0. The van der Waals surface area contributed by atoms with Gasteiger partial charge < -0.3 is 11.1 Å². The Balaban J connectivity index is 1.52. The fraction of sp³-hybridized carbons (Fsp3) is 0.400. The molecule has 0 spiro atoms. The summed E-state index contributed by atoms with van der Waals surface area (Å²) in [5.74, 6) is -0.182. The smallest absolute Gasteiger partial charge is 0.273 e. The quantitative estimate of drug-likeness (QED) is 0.831. The Morgan fingerprint density at radius 2 is 1.82 bits per heavy atom. The Morgan fingerprint density at radius 1 is 1.07 bits per heavy atom. The molecule has 2 amide bonds. The molecule has 3 N–H and O–H groups in total. The van der Waals surface area contributed by atoms with E-state index in [9.17, 15) is 9.59 Å². The van der Waals surface area contributed by atoms with Gasteiger partial charge in [-0.1, -0.05) is 37.5 Å². The fourth-order valence-electron chi connectivity index (χ4n) is 3.91. The third kappa shape index (κ3) is 3.62. The lowest BCUT2D eigenvalue weighted by Crippen LogP contribution is -2.39. The lowest BCUT2D eigenvalue weighted by atomic mass is 9.96. The number of amides is 2. The van der Waals surface area contributed by atoms with Crippen molar-refractivity contribution in [2.24, 2.45) is 10.8 Å². The Kier molecular flexibility index (Phi) is 5.10. The van der Waals surface area contributed by atoms with Crippen LogP contribution in [0, 0.1) is 0 Å². The Bertz CT molecular complexity index is 885. The monoisotopic (exact) mass is 380 g/mol. The van der Waals surface area contributed by atoms with E-state index < -0.39 is 11.9 Å². The van der Waals surface area contributed by atoms with Crippen molar-refractivity contribution in [1.82, 2.24) is 9.78 Å². The predicted octanol–water partition coefficient (Wildman–Crippen LogP) is 2.45. The van der Waals surface area contributed by atoms with Crippen molar-refractivity contribution in [2.45, 2.75) is 50.6 Å². The number of benzene rings is 1. The van der Waals surface area contributed by atoms with Crippen LogP contribution in [0.2, 0.25) is 0 Å². The number of nitrogens with one attached hydrogen (secondary N) is 1. The molecular weight excluding hydrogens is 356 g/mol. The summed E-state index contributed by atoms with van der Waals surface area (Å²) in [5.41, 5.74) is 6.55. The van der Waals surface area contributed by atoms with E-state index in [1.54, 1.807) is 12.3 Å². The van der Waals surface area contributed by atoms with E-state index in [1.165, 1.54) is 24.3 Å². The van der Waals surface area contributed by atoms with Gasteiger partial charge in [-0.25, -0.2) is 4.68 Å². The van der Waals surface area contributed by atoms with Gasteiger partial charge in [0.05, 0.1) is 17.9 Å². The molecule has 1 aliphatic carbocycles. The summed E-state index contributed by atoms with van der Waals surface area (Å²) < 4.78 is 1.90. The standard InChI is InChI=1S/C20H24N6O2/c21-19(27)17-13-16(24-25(17)14-7-3-1-4-8-14)20(28)23-18-11-12-22-26(18)15-9-5-2-6-10-15/h1,3-4,7-8,11-12,15,17H,2,5-6,9-10,13H2,(H2,21,27)(H,23,28). The van der Waals surface area contributed by atoms with Gasteiger partial charge >= 0.3 is 0 Å². The van der Waals surface area contributed by atoms with Crippen molar-refractivity contribution >= 4 is 29.0 Å². The summed E-state index contributed by atoms with van der Waals surface area (Å²) in [4.78, 5) is 24.7. The highest BCUT2D eigenvalue weighted by atomic mass is 16.2. The molecule has 0 saturated heterocycles. The molecular formula is C20H24N6O2. The van der Waals surface area contributed by atoms with Gasteiger partial charge in [-0.3, -0.25) is 14.6 Å². The highest BCUT2D eigenvalue weighted by molar-refractivity contribution is 6.44. The first-order chi connectivity index (χ1) is 13.6. The van der Waals surface area contributed by atoms with Crippen molar-refractivity contribution in [3.05, 3.63) is 42.6 Å². The van der Waals surface area contributed by atoms with Crippen LogP contribution in [0.1, 0.15) is 44.6 Å². The first-order valence-corrected chi connectivity index (χ1v) is 9.69. The molecule has 2 aliphatic rings. The molecule has 1 aromatic carbocycles. The number of primary amides is 1. The van der Waals surface area contributed by atoms with Gasteiger partial charge in [0.25, 0.3) is 5.91 Å². The number of hydrogen-bond acceptors (Lipinski definition) is 5. The third-order valence-electron chi connectivity index (χ3n) is 5.35. The number of carbonyl (C=O) groups excluding carboxylic acids is 2. The largest absolute Gasteiger partial charge is 0.368 e. The van der Waals surface area contributed by atoms with Crippen molar-refractivity contribution in [3.8, 4) is 0 Å². The SMILES string of the molecule is NC(=O)C1CC(C(=O)Nc2ccnn2C2CCCCC2)=NN1c1ccccc1. The van der Waals surface area contributed by atoms with Gasteiger partial charge in [0.15, 0.2) is 0 Å². The lowest BCUT2D eigenvalue weighted by Gasteiger charge is -2.23. The maximum atomic E-state index is 12.8. The summed E-state index contributed by atoms with van der Waals surface area (Å²) in [6.07, 6.45) is 7.61. The van der Waals surface area contributed by atoms with Crippen molar-refractivity contribution < 1.29 is 9.59 Å². The zero-order valence-corrected chi connectivity index (χ0v) is 15.6. The Morgan fingerprint density at radius 3 is 2.54 bits per heavy atom. The van der Waals surface area contributed by atoms with Crippen LogP contribution < -0.4 is 16.1 Å². The van der Waals surface area contributed by atoms with Gasteiger partial charge in [0.2, 0.25) is 5.91 Å². The summed E-state index contributed by atoms with van der Waals surface area (Å²) in [5, 5.41) is 13.2. The second-order valence-electron chi connectivity index (χ2n) is 7.26. The van der Waals surface area contributed by atoms with E-state index >= 15 is 0 Å². The van der Waals surface area contributed by atoms with Crippen LogP contribution in [-0.2, 0) is 9.59 Å². The Labute approximate surface area is 163 Å². The molecule has 146 valence electrons. The zero-order valence-electron chi connectivity index (χ0n) is 15.6. The molecule has 28 heavy (non-hydrogen) atoms. The normalized spacial score (nSPS) is 20.1. The average molecular weight is 380 g/mol. The first-order valence-electron chi connectivity index (χ1n) is 9.69. The van der Waals surface area contributed by atoms with Gasteiger partial charge in [-0.15, -0.1) is 0 Å². The maximum Gasteiger partial charge on any atom is 0.273 e. The Hall–Kier alpha value is -3.16. The number of rotatable bonds is 5. The number of anilines is 2. The van der Waals surface area contributed by atoms with Crippen molar-refractivity contribution in [1.29, 1.82) is 0 Å². The minimum absolute atomic E-state index is 0.174. The van der Waals surface area contributed by atoms with Crippen LogP contribution in [-0.4, -0.2) is 33.3 Å². The lowest BCUT2D eigenvalue weighted by molar-refractivity contribution is -0.119. The van der Waals surface area contributed by atoms with Gasteiger partial charge in [-0.05, 0) is 25.0 Å². The molecule has 8 nitrogen and oxygen atoms in total. The maximum absolute atomic E-state index is 12.8. The summed E-state index contributed by atoms with van der Waals surface area (Å²) in [6.45, 7) is 0. The number of aromatic nitrogens is 2. The van der Waals surface area contributed by atoms with E-state index in [0.717, 1.165) is 18.5 Å². The topological polar surface area (TPSA) is 106 Å². The highest BCUT2D eigenvalue weighted by Crippen LogP contribution is 2.30. The van der Waals surface area contributed by atoms with Crippen LogP contribution in [0.3, 0.4) is 0 Å². The molecule has 1 atom stereocenters. The summed E-state index contributed by atoms with van der Waals surface area (Å²) >= 11 is 0. The number of hydrazone groups is 1. The molecule has 2 heterocycles. The molecule has 8 heteroatoms. The molecule has 1 aliphatic heterocycles. The van der Waals surface area contributed by atoms with Crippen LogP contribution in [0.15, 0.2) is 47.7 Å². The van der Waals surface area contributed by atoms with Gasteiger partial charge in [0.1, 0.15) is 17.6 Å². The number of hydrogen-bond donors (Lipinski definition) is 2. The number of nitrogens with two attached hydrogens (primary N) is 1. The molecule has 1 aromatic heterocycles. The molecule has 0 radical (unpaired) electrons. The highest BCUT2D eigenvalue weighted by Gasteiger charge is 2.35. The third-order valence-corrected chi connectivity index (χ3v) is 5.35. The molecule has 4 rings (SSSR count). The molecule has 0 bridgehead atoms. The van der Waals surface area contributed by atoms with Crippen LogP contribution in [0.5, 0.6) is 0 Å². The van der Waals surface area contributed by atoms with Gasteiger partial charge in [0, 0.05) is 12.5 Å². The number of nitrogens with zero attached hydrogens (tertiary/aromatic N) is 4. The number of para-hydroxylation sites is 1. The molecule has 1 saturated carbocycles. The number of carbonyl (C=O) groups is 2. The zero-order chi connectivity index (χ0) is 19.5. The van der Waals surface area contributed by atoms with E-state index in [4.69, 9.17) is 5.73 Å². The van der Waals surface area contributed by atoms with Crippen LogP contribution in [0.25, 0.3) is 0 Å². The first kappa shape index (κ1) is 18.2. The predicted molar refractivity (Wildman–Crippen MR) is 107 cm³/mol. The van der Waals surface area contributed by atoms with Gasteiger partial charge in [-0.2, -0.15) is 10.2 Å².